The van der Waals surface area contributed by atoms with Crippen LogP contribution in [0.25, 0.3) is 0 Å². The minimum atomic E-state index is -1.13. The second-order valence-corrected chi connectivity index (χ2v) is 7.07. The fourth-order valence-corrected chi connectivity index (χ4v) is 3.02. The first-order valence-corrected chi connectivity index (χ1v) is 10.1. The zero-order valence-electron chi connectivity index (χ0n) is 17.9. The molecule has 7 heteroatoms. The lowest BCUT2D eigenvalue weighted by Gasteiger charge is -2.18. The number of nitrogens with one attached hydrogen (secondary N) is 1. The number of ketones is 1. The van der Waals surface area contributed by atoms with Crippen LogP contribution in [0.1, 0.15) is 28.4 Å². The third-order valence-electron chi connectivity index (χ3n) is 4.74. The first kappa shape index (κ1) is 22.7. The highest BCUT2D eigenvalue weighted by Crippen LogP contribution is 2.31. The van der Waals surface area contributed by atoms with Crippen LogP contribution in [0.4, 0.5) is 4.79 Å². The number of hydrogen-bond acceptors (Lipinski definition) is 5. The summed E-state index contributed by atoms with van der Waals surface area (Å²) in [7, 11) is 1.56. The highest BCUT2D eigenvalue weighted by molar-refractivity contribution is 5.99. The van der Waals surface area contributed by atoms with Crippen LogP contribution in [0.5, 0.6) is 17.2 Å². The maximum absolute atomic E-state index is 12.8. The highest BCUT2D eigenvalue weighted by atomic mass is 16.5. The molecular formula is C25H25NO6. The van der Waals surface area contributed by atoms with Crippen molar-refractivity contribution in [2.75, 3.05) is 7.11 Å². The number of amides is 1. The molecule has 0 radical (unpaired) electrons. The Bertz CT molecular complexity index is 1050. The van der Waals surface area contributed by atoms with Crippen LogP contribution in [0.3, 0.4) is 0 Å². The van der Waals surface area contributed by atoms with Gasteiger partial charge in [-0.25, -0.2) is 4.79 Å². The summed E-state index contributed by atoms with van der Waals surface area (Å²) in [6, 6.07) is 21.6. The highest BCUT2D eigenvalue weighted by Gasteiger charge is 2.19. The van der Waals surface area contributed by atoms with Crippen LogP contribution < -0.4 is 19.5 Å². The van der Waals surface area contributed by atoms with E-state index in [-0.39, 0.29) is 12.3 Å². The number of carboxylic acid groups (broad SMARTS) is 1. The first-order valence-electron chi connectivity index (χ1n) is 10.1. The topological polar surface area (TPSA) is 94.1 Å². The Hall–Kier alpha value is -4.00. The van der Waals surface area contributed by atoms with Crippen molar-refractivity contribution in [2.24, 2.45) is 0 Å². The second-order valence-electron chi connectivity index (χ2n) is 7.07. The zero-order valence-corrected chi connectivity index (χ0v) is 17.9. The third kappa shape index (κ3) is 6.25. The van der Waals surface area contributed by atoms with E-state index in [9.17, 15) is 9.59 Å². The monoisotopic (exact) mass is 435 g/mol. The lowest BCUT2D eigenvalue weighted by atomic mass is 10.1. The summed E-state index contributed by atoms with van der Waals surface area (Å²) in [5.41, 5.74) is 2.16. The van der Waals surface area contributed by atoms with Gasteiger partial charge in [0.05, 0.1) is 7.11 Å². The van der Waals surface area contributed by atoms with Gasteiger partial charge in [-0.05, 0) is 54.4 Å². The molecule has 0 saturated heterocycles. The number of hydrogen-bond donors (Lipinski definition) is 2. The minimum Gasteiger partial charge on any atom is -0.497 e. The van der Waals surface area contributed by atoms with Crippen molar-refractivity contribution in [1.29, 1.82) is 0 Å². The molecule has 0 aliphatic rings. The van der Waals surface area contributed by atoms with Crippen molar-refractivity contribution in [3.63, 3.8) is 0 Å². The van der Waals surface area contributed by atoms with Crippen LogP contribution in [0.15, 0.2) is 72.8 Å². The van der Waals surface area contributed by atoms with Gasteiger partial charge in [0, 0.05) is 12.1 Å². The summed E-state index contributed by atoms with van der Waals surface area (Å²) in [5, 5.41) is 11.2. The SMILES string of the molecule is COc1ccc(C(=O)C(C)Oc2cc(CNC(=O)O)ccc2OCc2ccccc2)cc1. The van der Waals surface area contributed by atoms with E-state index in [0.29, 0.717) is 35.0 Å². The van der Waals surface area contributed by atoms with Gasteiger partial charge in [-0.15, -0.1) is 0 Å². The van der Waals surface area contributed by atoms with E-state index >= 15 is 0 Å². The van der Waals surface area contributed by atoms with Crippen molar-refractivity contribution in [2.45, 2.75) is 26.2 Å². The molecular weight excluding hydrogens is 410 g/mol. The molecule has 0 fully saturated rings. The number of carbonyl (C=O) groups is 2. The molecule has 0 aliphatic carbocycles. The van der Waals surface area contributed by atoms with Crippen LogP contribution >= 0.6 is 0 Å². The number of benzene rings is 3. The Balaban J connectivity index is 1.78. The van der Waals surface area contributed by atoms with Gasteiger partial charge in [0.15, 0.2) is 17.6 Å². The number of rotatable bonds is 10. The molecule has 166 valence electrons. The van der Waals surface area contributed by atoms with E-state index in [1.807, 2.05) is 30.3 Å². The van der Waals surface area contributed by atoms with Gasteiger partial charge >= 0.3 is 6.09 Å². The van der Waals surface area contributed by atoms with Gasteiger partial charge in [-0.1, -0.05) is 36.4 Å². The predicted octanol–water partition coefficient (Wildman–Crippen LogP) is 4.69. The molecule has 0 spiro atoms. The molecule has 3 aromatic carbocycles. The minimum absolute atomic E-state index is 0.103. The maximum Gasteiger partial charge on any atom is 0.404 e. The number of ether oxygens (including phenoxy) is 3. The van der Waals surface area contributed by atoms with E-state index in [0.717, 1.165) is 5.56 Å². The molecule has 0 saturated carbocycles. The first-order chi connectivity index (χ1) is 15.5. The normalized spacial score (nSPS) is 11.3. The maximum atomic E-state index is 12.8. The van der Waals surface area contributed by atoms with Crippen molar-refractivity contribution in [3.05, 3.63) is 89.5 Å². The molecule has 1 unspecified atom stereocenters. The zero-order chi connectivity index (χ0) is 22.9. The average Bonchev–Trinajstić information content (AvgIpc) is 2.82. The van der Waals surface area contributed by atoms with E-state index in [1.165, 1.54) is 0 Å². The standard InChI is InChI=1S/C25H25NO6/c1-17(24(27)20-9-11-21(30-2)12-10-20)32-23-14-19(15-26-25(28)29)8-13-22(23)31-16-18-6-4-3-5-7-18/h3-14,17,26H,15-16H2,1-2H3,(H,28,29). The van der Waals surface area contributed by atoms with Crippen molar-refractivity contribution in [3.8, 4) is 17.2 Å². The van der Waals surface area contributed by atoms with Crippen molar-refractivity contribution >= 4 is 11.9 Å². The molecule has 7 nitrogen and oxygen atoms in total. The summed E-state index contributed by atoms with van der Waals surface area (Å²) < 4.78 is 17.0. The Morgan fingerprint density at radius 2 is 1.66 bits per heavy atom. The van der Waals surface area contributed by atoms with Crippen LogP contribution in [0.2, 0.25) is 0 Å². The summed E-state index contributed by atoms with van der Waals surface area (Å²) >= 11 is 0. The molecule has 1 atom stereocenters. The van der Waals surface area contributed by atoms with Gasteiger partial charge in [-0.3, -0.25) is 4.79 Å². The summed E-state index contributed by atoms with van der Waals surface area (Å²) in [6.07, 6.45) is -1.91. The van der Waals surface area contributed by atoms with Crippen LogP contribution in [-0.4, -0.2) is 30.2 Å². The fraction of sp³-hybridized carbons (Fsp3) is 0.200. The fourth-order valence-electron chi connectivity index (χ4n) is 3.02. The van der Waals surface area contributed by atoms with Gasteiger partial charge in [-0.2, -0.15) is 0 Å². The average molecular weight is 435 g/mol. The Kier molecular flexibility index (Phi) is 7.70. The van der Waals surface area contributed by atoms with Crippen molar-refractivity contribution < 1.29 is 28.9 Å². The Morgan fingerprint density at radius 3 is 2.31 bits per heavy atom. The quantitative estimate of drug-likeness (QED) is 0.449. The van der Waals surface area contributed by atoms with Crippen LogP contribution in [0, 0.1) is 0 Å². The number of methoxy groups -OCH3 is 1. The number of carbonyl (C=O) groups excluding carboxylic acids is 1. The molecule has 0 bridgehead atoms. The van der Waals surface area contributed by atoms with Gasteiger partial charge < -0.3 is 24.6 Å². The molecule has 2 N–H and O–H groups in total. The lowest BCUT2D eigenvalue weighted by molar-refractivity contribution is 0.0811. The van der Waals surface area contributed by atoms with Crippen LogP contribution in [-0.2, 0) is 13.2 Å². The van der Waals surface area contributed by atoms with E-state index in [4.69, 9.17) is 19.3 Å². The molecule has 1 amide bonds. The number of Topliss-reactive ketones (excluding diaryl/α,β-unsaturated/α-hetero) is 1. The Morgan fingerprint density at radius 1 is 0.938 bits per heavy atom. The Labute approximate surface area is 186 Å². The molecule has 0 aromatic heterocycles. The third-order valence-corrected chi connectivity index (χ3v) is 4.74. The molecule has 32 heavy (non-hydrogen) atoms. The smallest absolute Gasteiger partial charge is 0.404 e. The molecule has 3 rings (SSSR count). The summed E-state index contributed by atoms with van der Waals surface area (Å²) in [6.45, 7) is 2.09. The summed E-state index contributed by atoms with van der Waals surface area (Å²) in [5.74, 6) is 1.28. The molecule has 3 aromatic rings. The van der Waals surface area contributed by atoms with E-state index < -0.39 is 12.2 Å². The summed E-state index contributed by atoms with van der Waals surface area (Å²) in [4.78, 5) is 23.7. The predicted molar refractivity (Wildman–Crippen MR) is 119 cm³/mol. The largest absolute Gasteiger partial charge is 0.497 e. The lowest BCUT2D eigenvalue weighted by Crippen LogP contribution is -2.24. The van der Waals surface area contributed by atoms with E-state index in [1.54, 1.807) is 56.5 Å². The second kappa shape index (κ2) is 10.9. The molecule has 0 aliphatic heterocycles. The molecule has 0 heterocycles. The van der Waals surface area contributed by atoms with Crippen molar-refractivity contribution in [1.82, 2.24) is 5.32 Å². The van der Waals surface area contributed by atoms with Gasteiger partial charge in [0.1, 0.15) is 12.4 Å². The van der Waals surface area contributed by atoms with Gasteiger partial charge in [0.2, 0.25) is 5.78 Å². The van der Waals surface area contributed by atoms with Gasteiger partial charge in [0.25, 0.3) is 0 Å². The van der Waals surface area contributed by atoms with E-state index in [2.05, 4.69) is 5.32 Å².